The summed E-state index contributed by atoms with van der Waals surface area (Å²) in [6, 6.07) is 7.89. The molecule has 0 radical (unpaired) electrons. The first-order valence-electron chi connectivity index (χ1n) is 6.76. The molecule has 1 amide bonds. The number of carbonyl (C=O) groups excluding carboxylic acids is 1. The minimum atomic E-state index is -0.119. The highest BCUT2D eigenvalue weighted by atomic mass is 79.9. The highest BCUT2D eigenvalue weighted by Crippen LogP contribution is 2.32. The quantitative estimate of drug-likeness (QED) is 0.720. The Bertz CT molecular complexity index is 591. The molecule has 0 atom stereocenters. The zero-order valence-corrected chi connectivity index (χ0v) is 13.4. The molecular weight excluding hydrogens is 336 g/mol. The maximum atomic E-state index is 12.0. The van der Waals surface area contributed by atoms with Gasteiger partial charge in [-0.2, -0.15) is 4.99 Å². The number of carbonyl (C=O) groups is 1. The summed E-state index contributed by atoms with van der Waals surface area (Å²) in [4.78, 5) is 19.2. The molecule has 0 spiro atoms. The first-order chi connectivity index (χ1) is 9.74. The summed E-state index contributed by atoms with van der Waals surface area (Å²) in [6.07, 6.45) is 5.58. The monoisotopic (exact) mass is 350 g/mol. The fourth-order valence-electron chi connectivity index (χ4n) is 2.35. The third kappa shape index (κ3) is 2.99. The molecule has 5 heteroatoms. The van der Waals surface area contributed by atoms with Crippen LogP contribution in [0.25, 0.3) is 6.08 Å². The number of likely N-dealkylation sites (tertiary alicyclic amines) is 1. The molecule has 1 aromatic carbocycles. The average Bonchev–Trinajstić information content (AvgIpc) is 2.84. The van der Waals surface area contributed by atoms with Crippen molar-refractivity contribution in [2.75, 3.05) is 13.1 Å². The van der Waals surface area contributed by atoms with Crippen molar-refractivity contribution in [1.29, 1.82) is 0 Å². The van der Waals surface area contributed by atoms with E-state index in [1.165, 1.54) is 31.0 Å². The number of hydrogen-bond donors (Lipinski definition) is 0. The van der Waals surface area contributed by atoms with Crippen LogP contribution in [0.4, 0.5) is 0 Å². The smallest absolute Gasteiger partial charge is 0.286 e. The Kier molecular flexibility index (Phi) is 4.27. The molecule has 0 aromatic heterocycles. The second-order valence-corrected chi connectivity index (χ2v) is 6.74. The van der Waals surface area contributed by atoms with Crippen LogP contribution in [0.3, 0.4) is 0 Å². The summed E-state index contributed by atoms with van der Waals surface area (Å²) in [5.41, 5.74) is 1.01. The zero-order chi connectivity index (χ0) is 13.9. The number of hydrogen-bond acceptors (Lipinski definition) is 3. The van der Waals surface area contributed by atoms with Gasteiger partial charge in [-0.1, -0.05) is 34.1 Å². The molecule has 2 aliphatic heterocycles. The van der Waals surface area contributed by atoms with Gasteiger partial charge >= 0.3 is 0 Å². The van der Waals surface area contributed by atoms with Crippen molar-refractivity contribution in [3.05, 3.63) is 39.2 Å². The molecule has 0 saturated carbocycles. The summed E-state index contributed by atoms with van der Waals surface area (Å²) in [6.45, 7) is 2.03. The minimum absolute atomic E-state index is 0.119. The van der Waals surface area contributed by atoms with E-state index in [-0.39, 0.29) is 5.91 Å². The summed E-state index contributed by atoms with van der Waals surface area (Å²) in [7, 11) is 0. The lowest BCUT2D eigenvalue weighted by molar-refractivity contribution is -0.113. The second-order valence-electron chi connectivity index (χ2n) is 4.88. The summed E-state index contributed by atoms with van der Waals surface area (Å²) in [5.74, 6) is -0.119. The van der Waals surface area contributed by atoms with E-state index < -0.39 is 0 Å². The highest BCUT2D eigenvalue weighted by molar-refractivity contribution is 9.10. The van der Waals surface area contributed by atoms with Crippen molar-refractivity contribution < 1.29 is 4.79 Å². The third-order valence-electron chi connectivity index (χ3n) is 3.43. The number of thioether (sulfide) groups is 1. The van der Waals surface area contributed by atoms with Crippen LogP contribution in [0, 0.1) is 0 Å². The maximum absolute atomic E-state index is 12.0. The largest absolute Gasteiger partial charge is 0.351 e. The molecule has 1 fully saturated rings. The molecule has 0 aliphatic carbocycles. The van der Waals surface area contributed by atoms with Crippen molar-refractivity contribution in [3.63, 3.8) is 0 Å². The molecule has 1 saturated heterocycles. The van der Waals surface area contributed by atoms with Gasteiger partial charge in [0.15, 0.2) is 5.17 Å². The van der Waals surface area contributed by atoms with Crippen molar-refractivity contribution in [2.24, 2.45) is 4.99 Å². The first-order valence-corrected chi connectivity index (χ1v) is 8.37. The average molecular weight is 351 g/mol. The number of amides is 1. The number of aliphatic imine (C=N–C) groups is 1. The molecule has 0 unspecified atom stereocenters. The lowest BCUT2D eigenvalue weighted by Crippen LogP contribution is -2.33. The van der Waals surface area contributed by atoms with Gasteiger partial charge in [-0.25, -0.2) is 0 Å². The van der Waals surface area contributed by atoms with E-state index >= 15 is 0 Å². The molecule has 1 aromatic rings. The van der Waals surface area contributed by atoms with E-state index in [1.807, 2.05) is 30.3 Å². The van der Waals surface area contributed by atoms with Crippen molar-refractivity contribution >= 4 is 44.8 Å². The van der Waals surface area contributed by atoms with Gasteiger partial charge in [0.2, 0.25) is 0 Å². The second kappa shape index (κ2) is 6.14. The van der Waals surface area contributed by atoms with E-state index in [0.29, 0.717) is 4.91 Å². The van der Waals surface area contributed by atoms with Crippen LogP contribution >= 0.6 is 27.7 Å². The lowest BCUT2D eigenvalue weighted by atomic mass is 10.1. The van der Waals surface area contributed by atoms with Gasteiger partial charge in [0.1, 0.15) is 0 Å². The molecular formula is C15H15BrN2OS. The molecule has 2 heterocycles. The Morgan fingerprint density at radius 1 is 1.20 bits per heavy atom. The topological polar surface area (TPSA) is 32.7 Å². The number of rotatable bonds is 1. The minimum Gasteiger partial charge on any atom is -0.351 e. The van der Waals surface area contributed by atoms with E-state index in [1.54, 1.807) is 0 Å². The highest BCUT2D eigenvalue weighted by Gasteiger charge is 2.26. The van der Waals surface area contributed by atoms with Gasteiger partial charge in [-0.3, -0.25) is 4.79 Å². The summed E-state index contributed by atoms with van der Waals surface area (Å²) < 4.78 is 0.993. The van der Waals surface area contributed by atoms with E-state index in [9.17, 15) is 4.79 Å². The standard InChI is InChI=1S/C15H15BrN2OS/c16-12-7-3-2-6-11(12)10-13-14(19)17-15(20-13)18-8-4-1-5-9-18/h2-3,6-7,10H,1,4-5,8-9H2/b13-10-. The number of amidine groups is 1. The number of piperidine rings is 1. The number of benzene rings is 1. The summed E-state index contributed by atoms with van der Waals surface area (Å²) in [5, 5.41) is 0.869. The van der Waals surface area contributed by atoms with Gasteiger partial charge in [0.05, 0.1) is 4.91 Å². The fourth-order valence-corrected chi connectivity index (χ4v) is 3.71. The van der Waals surface area contributed by atoms with E-state index in [2.05, 4.69) is 25.8 Å². The third-order valence-corrected chi connectivity index (χ3v) is 5.19. The Morgan fingerprint density at radius 3 is 2.70 bits per heavy atom. The maximum Gasteiger partial charge on any atom is 0.286 e. The predicted octanol–water partition coefficient (Wildman–Crippen LogP) is 3.91. The van der Waals surface area contributed by atoms with Gasteiger partial charge in [0.25, 0.3) is 5.91 Å². The van der Waals surface area contributed by atoms with E-state index in [4.69, 9.17) is 0 Å². The van der Waals surface area contributed by atoms with Crippen LogP contribution in [0.2, 0.25) is 0 Å². The van der Waals surface area contributed by atoms with Crippen molar-refractivity contribution in [3.8, 4) is 0 Å². The Morgan fingerprint density at radius 2 is 1.95 bits per heavy atom. The van der Waals surface area contributed by atoms with Crippen LogP contribution < -0.4 is 0 Å². The van der Waals surface area contributed by atoms with Crippen LogP contribution in [-0.2, 0) is 4.79 Å². The number of nitrogens with zero attached hydrogens (tertiary/aromatic N) is 2. The zero-order valence-electron chi connectivity index (χ0n) is 11.0. The molecule has 3 rings (SSSR count). The SMILES string of the molecule is O=C1N=C(N2CCCCC2)S/C1=C\c1ccccc1Br. The normalized spacial score (nSPS) is 21.4. The molecule has 104 valence electrons. The lowest BCUT2D eigenvalue weighted by Gasteiger charge is -2.27. The van der Waals surface area contributed by atoms with Gasteiger partial charge in [-0.15, -0.1) is 0 Å². The predicted molar refractivity (Wildman–Crippen MR) is 87.6 cm³/mol. The molecule has 20 heavy (non-hydrogen) atoms. The van der Waals surface area contributed by atoms with Crippen LogP contribution in [0.5, 0.6) is 0 Å². The van der Waals surface area contributed by atoms with Crippen molar-refractivity contribution in [2.45, 2.75) is 19.3 Å². The summed E-state index contributed by atoms with van der Waals surface area (Å²) >= 11 is 5.00. The van der Waals surface area contributed by atoms with Crippen LogP contribution in [-0.4, -0.2) is 29.1 Å². The van der Waals surface area contributed by atoms with E-state index in [0.717, 1.165) is 28.3 Å². The van der Waals surface area contributed by atoms with Gasteiger partial charge in [0, 0.05) is 17.6 Å². The Balaban J connectivity index is 1.78. The molecule has 3 nitrogen and oxygen atoms in total. The fraction of sp³-hybridized carbons (Fsp3) is 0.333. The van der Waals surface area contributed by atoms with Gasteiger partial charge < -0.3 is 4.90 Å². The van der Waals surface area contributed by atoms with Crippen LogP contribution in [0.15, 0.2) is 38.6 Å². The Hall–Kier alpha value is -1.07. The van der Waals surface area contributed by atoms with Crippen LogP contribution in [0.1, 0.15) is 24.8 Å². The molecule has 2 aliphatic rings. The number of halogens is 1. The molecule has 0 bridgehead atoms. The van der Waals surface area contributed by atoms with Gasteiger partial charge in [-0.05, 0) is 48.7 Å². The first kappa shape index (κ1) is 13.9. The Labute approximate surface area is 131 Å². The molecule has 0 N–H and O–H groups in total. The van der Waals surface area contributed by atoms with Crippen molar-refractivity contribution in [1.82, 2.24) is 4.90 Å².